The summed E-state index contributed by atoms with van der Waals surface area (Å²) in [5.74, 6) is -0.901. The molecule has 29 heavy (non-hydrogen) atoms. The zero-order chi connectivity index (χ0) is 20.5. The molecule has 0 spiro atoms. The molecule has 2 aliphatic heterocycles. The van der Waals surface area contributed by atoms with Gasteiger partial charge in [-0.05, 0) is 79.5 Å². The summed E-state index contributed by atoms with van der Waals surface area (Å²) in [5.41, 5.74) is 3.55. The van der Waals surface area contributed by atoms with E-state index in [1.807, 2.05) is 49.4 Å². The molecule has 2 aliphatic rings. The quantitative estimate of drug-likeness (QED) is 0.415. The minimum Gasteiger partial charge on any atom is -0.372 e. The molecule has 0 radical (unpaired) electrons. The number of hydrogen-bond acceptors (Lipinski definition) is 4. The number of carbonyl (C=O) groups is 2. The highest BCUT2D eigenvalue weighted by molar-refractivity contribution is 9.10. The number of aryl methyl sites for hydroxylation is 1. The molecule has 2 amide bonds. The lowest BCUT2D eigenvalue weighted by Crippen LogP contribution is -2.54. The molecule has 2 fully saturated rings. The Balaban J connectivity index is 1.64. The van der Waals surface area contributed by atoms with Crippen molar-refractivity contribution in [2.45, 2.75) is 19.8 Å². The average Bonchev–Trinajstić information content (AvgIpc) is 3.22. The third-order valence-corrected chi connectivity index (χ3v) is 5.95. The number of halogens is 1. The number of hydrogen-bond donors (Lipinski definition) is 1. The topological polar surface area (TPSA) is 52.7 Å². The molecule has 148 valence electrons. The zero-order valence-corrected chi connectivity index (χ0v) is 18.3. The van der Waals surface area contributed by atoms with Crippen molar-refractivity contribution in [3.8, 4) is 0 Å². The average molecular weight is 470 g/mol. The van der Waals surface area contributed by atoms with Crippen molar-refractivity contribution in [2.75, 3.05) is 22.9 Å². The molecule has 2 saturated heterocycles. The summed E-state index contributed by atoms with van der Waals surface area (Å²) < 4.78 is 0.909. The van der Waals surface area contributed by atoms with Crippen LogP contribution in [0.4, 0.5) is 11.4 Å². The van der Waals surface area contributed by atoms with Gasteiger partial charge in [-0.1, -0.05) is 28.1 Å². The van der Waals surface area contributed by atoms with E-state index in [-0.39, 0.29) is 10.7 Å². The lowest BCUT2D eigenvalue weighted by Gasteiger charge is -2.30. The molecule has 7 heteroatoms. The Morgan fingerprint density at radius 3 is 2.41 bits per heavy atom. The van der Waals surface area contributed by atoms with Gasteiger partial charge < -0.3 is 4.90 Å². The van der Waals surface area contributed by atoms with Crippen LogP contribution in [0, 0.1) is 6.92 Å². The molecule has 0 aromatic heterocycles. The molecular formula is C22H20BrN3O2S. The van der Waals surface area contributed by atoms with Crippen LogP contribution in [0.2, 0.25) is 0 Å². The molecule has 0 aliphatic carbocycles. The van der Waals surface area contributed by atoms with Gasteiger partial charge in [-0.25, -0.2) is 0 Å². The van der Waals surface area contributed by atoms with E-state index < -0.39 is 11.8 Å². The molecule has 5 nitrogen and oxygen atoms in total. The first kappa shape index (κ1) is 19.8. The molecule has 1 N–H and O–H groups in total. The van der Waals surface area contributed by atoms with Gasteiger partial charge in [0.05, 0.1) is 5.69 Å². The second kappa shape index (κ2) is 8.08. The standard InChI is InChI=1S/C22H20BrN3O2S/c1-14-12-16(23)6-9-19(14)26-21(28)18(20(27)24-22(26)29)13-15-4-7-17(8-5-15)25-10-2-3-11-25/h4-9,12-13H,2-3,10-11H2,1H3,(H,24,27,29). The summed E-state index contributed by atoms with van der Waals surface area (Å²) >= 11 is 8.71. The third kappa shape index (κ3) is 3.97. The second-order valence-electron chi connectivity index (χ2n) is 7.17. The zero-order valence-electron chi connectivity index (χ0n) is 15.9. The summed E-state index contributed by atoms with van der Waals surface area (Å²) in [6.07, 6.45) is 4.05. The Hall–Kier alpha value is -2.51. The maximum Gasteiger partial charge on any atom is 0.270 e. The summed E-state index contributed by atoms with van der Waals surface area (Å²) in [6.45, 7) is 4.04. The Morgan fingerprint density at radius 2 is 1.76 bits per heavy atom. The normalized spacial score (nSPS) is 18.6. The van der Waals surface area contributed by atoms with E-state index in [9.17, 15) is 9.59 Å². The molecule has 0 bridgehead atoms. The number of amides is 2. The van der Waals surface area contributed by atoms with E-state index in [1.165, 1.54) is 17.7 Å². The van der Waals surface area contributed by atoms with Crippen molar-refractivity contribution in [1.82, 2.24) is 5.32 Å². The minimum absolute atomic E-state index is 0.0647. The fraction of sp³-hybridized carbons (Fsp3) is 0.227. The van der Waals surface area contributed by atoms with Crippen LogP contribution in [-0.2, 0) is 9.59 Å². The highest BCUT2D eigenvalue weighted by Crippen LogP contribution is 2.28. The van der Waals surface area contributed by atoms with Gasteiger partial charge in [0.15, 0.2) is 5.11 Å². The first-order valence-electron chi connectivity index (χ1n) is 9.46. The van der Waals surface area contributed by atoms with Crippen molar-refractivity contribution in [3.05, 3.63) is 63.6 Å². The summed E-state index contributed by atoms with van der Waals surface area (Å²) in [5, 5.41) is 2.73. The van der Waals surface area contributed by atoms with Gasteiger partial charge in [0.25, 0.3) is 11.8 Å². The largest absolute Gasteiger partial charge is 0.372 e. The maximum atomic E-state index is 13.2. The van der Waals surface area contributed by atoms with Crippen LogP contribution >= 0.6 is 28.1 Å². The Morgan fingerprint density at radius 1 is 1.07 bits per heavy atom. The number of carbonyl (C=O) groups excluding carboxylic acids is 2. The van der Waals surface area contributed by atoms with E-state index >= 15 is 0 Å². The number of nitrogens with one attached hydrogen (secondary N) is 1. The van der Waals surface area contributed by atoms with Gasteiger partial charge in [0.1, 0.15) is 5.57 Å². The fourth-order valence-electron chi connectivity index (χ4n) is 3.67. The van der Waals surface area contributed by atoms with E-state index in [0.717, 1.165) is 34.4 Å². The van der Waals surface area contributed by atoms with Crippen LogP contribution in [-0.4, -0.2) is 30.0 Å². The molecule has 2 aromatic rings. The highest BCUT2D eigenvalue weighted by Gasteiger charge is 2.35. The first-order valence-corrected chi connectivity index (χ1v) is 10.7. The van der Waals surface area contributed by atoms with Crippen LogP contribution < -0.4 is 15.1 Å². The predicted molar refractivity (Wildman–Crippen MR) is 123 cm³/mol. The molecule has 0 saturated carbocycles. The van der Waals surface area contributed by atoms with E-state index in [4.69, 9.17) is 12.2 Å². The molecular weight excluding hydrogens is 450 g/mol. The molecule has 2 heterocycles. The second-order valence-corrected chi connectivity index (χ2v) is 8.48. The molecule has 0 unspecified atom stereocenters. The summed E-state index contributed by atoms with van der Waals surface area (Å²) in [7, 11) is 0. The number of rotatable bonds is 3. The van der Waals surface area contributed by atoms with Crippen LogP contribution in [0.1, 0.15) is 24.0 Å². The summed E-state index contributed by atoms with van der Waals surface area (Å²) in [6, 6.07) is 13.5. The SMILES string of the molecule is Cc1cc(Br)ccc1N1C(=O)C(=Cc2ccc(N3CCCC3)cc2)C(=O)NC1=S. The molecule has 4 rings (SSSR count). The minimum atomic E-state index is -0.477. The van der Waals surface area contributed by atoms with Gasteiger partial charge >= 0.3 is 0 Å². The fourth-order valence-corrected chi connectivity index (χ4v) is 4.42. The van der Waals surface area contributed by atoms with Gasteiger partial charge in [-0.3, -0.25) is 19.8 Å². The van der Waals surface area contributed by atoms with Crippen LogP contribution in [0.5, 0.6) is 0 Å². The van der Waals surface area contributed by atoms with Gasteiger partial charge in [0, 0.05) is 23.2 Å². The Labute approximate surface area is 183 Å². The number of nitrogens with zero attached hydrogens (tertiary/aromatic N) is 2. The van der Waals surface area contributed by atoms with E-state index in [0.29, 0.717) is 5.69 Å². The first-order chi connectivity index (χ1) is 13.9. The smallest absolute Gasteiger partial charge is 0.270 e. The number of thiocarbonyl (C=S) groups is 1. The van der Waals surface area contributed by atoms with Gasteiger partial charge in [0.2, 0.25) is 0 Å². The summed E-state index contributed by atoms with van der Waals surface area (Å²) in [4.78, 5) is 29.4. The predicted octanol–water partition coefficient (Wildman–Crippen LogP) is 4.19. The van der Waals surface area contributed by atoms with E-state index in [1.54, 1.807) is 6.08 Å². The van der Waals surface area contributed by atoms with Crippen molar-refractivity contribution in [1.29, 1.82) is 0 Å². The highest BCUT2D eigenvalue weighted by atomic mass is 79.9. The van der Waals surface area contributed by atoms with Crippen molar-refractivity contribution in [2.24, 2.45) is 0 Å². The molecule has 2 aromatic carbocycles. The van der Waals surface area contributed by atoms with Gasteiger partial charge in [-0.15, -0.1) is 0 Å². The molecule has 0 atom stereocenters. The monoisotopic (exact) mass is 469 g/mol. The number of anilines is 2. The van der Waals surface area contributed by atoms with Crippen LogP contribution in [0.25, 0.3) is 6.08 Å². The maximum absolute atomic E-state index is 13.2. The van der Waals surface area contributed by atoms with Crippen LogP contribution in [0.15, 0.2) is 52.5 Å². The van der Waals surface area contributed by atoms with Crippen LogP contribution in [0.3, 0.4) is 0 Å². The lowest BCUT2D eigenvalue weighted by molar-refractivity contribution is -0.122. The van der Waals surface area contributed by atoms with Crippen molar-refractivity contribution < 1.29 is 9.59 Å². The van der Waals surface area contributed by atoms with E-state index in [2.05, 4.69) is 26.1 Å². The third-order valence-electron chi connectivity index (χ3n) is 5.18. The van der Waals surface area contributed by atoms with Gasteiger partial charge in [-0.2, -0.15) is 0 Å². The van der Waals surface area contributed by atoms with Crippen molar-refractivity contribution in [3.63, 3.8) is 0 Å². The Bertz CT molecular complexity index is 1030. The lowest BCUT2D eigenvalue weighted by atomic mass is 10.1. The number of benzene rings is 2. The Kier molecular flexibility index (Phi) is 5.52. The van der Waals surface area contributed by atoms with Crippen molar-refractivity contribution >= 4 is 62.5 Å².